The van der Waals surface area contributed by atoms with Gasteiger partial charge in [-0.25, -0.2) is 13.9 Å². The van der Waals surface area contributed by atoms with Crippen LogP contribution in [0.1, 0.15) is 5.56 Å². The van der Waals surface area contributed by atoms with E-state index in [1.807, 2.05) is 60.7 Å². The van der Waals surface area contributed by atoms with Crippen molar-refractivity contribution < 1.29 is 9.18 Å². The number of urea groups is 1. The molecule has 4 aromatic rings. The molecule has 7 heteroatoms. The average Bonchev–Trinajstić information content (AvgIpc) is 3.10. The first-order chi connectivity index (χ1) is 14.6. The van der Waals surface area contributed by atoms with Crippen LogP contribution in [0.5, 0.6) is 0 Å². The maximum Gasteiger partial charge on any atom is 0.319 e. The molecular formula is C23H20FN5O. The normalized spacial score (nSPS) is 10.6. The zero-order chi connectivity index (χ0) is 20.9. The van der Waals surface area contributed by atoms with Crippen LogP contribution < -0.4 is 16.4 Å². The summed E-state index contributed by atoms with van der Waals surface area (Å²) in [5, 5.41) is 10.2. The third-order valence-electron chi connectivity index (χ3n) is 4.57. The molecule has 0 aliphatic heterocycles. The molecule has 0 spiro atoms. The Hall–Kier alpha value is -4.13. The fourth-order valence-corrected chi connectivity index (χ4v) is 3.06. The molecular weight excluding hydrogens is 381 g/mol. The summed E-state index contributed by atoms with van der Waals surface area (Å²) in [6, 6.07) is 24.5. The SMILES string of the molecule is Nc1c(NC(=O)NCc2ccc(F)cc2)c(-c2ccccc2)nn1-c1ccccc1. The van der Waals surface area contributed by atoms with E-state index in [-0.39, 0.29) is 12.4 Å². The van der Waals surface area contributed by atoms with Gasteiger partial charge in [0.05, 0.1) is 5.69 Å². The number of amides is 2. The van der Waals surface area contributed by atoms with E-state index in [0.29, 0.717) is 17.2 Å². The number of rotatable bonds is 5. The van der Waals surface area contributed by atoms with Gasteiger partial charge in [0.15, 0.2) is 5.82 Å². The summed E-state index contributed by atoms with van der Waals surface area (Å²) in [5.74, 6) is -0.00575. The highest BCUT2D eigenvalue weighted by Crippen LogP contribution is 2.33. The first-order valence-electron chi connectivity index (χ1n) is 9.40. The molecule has 0 atom stereocenters. The summed E-state index contributed by atoms with van der Waals surface area (Å²) in [5.41, 5.74) is 9.74. The lowest BCUT2D eigenvalue weighted by Gasteiger charge is -2.09. The number of halogens is 1. The van der Waals surface area contributed by atoms with Crippen molar-refractivity contribution in [1.29, 1.82) is 0 Å². The van der Waals surface area contributed by atoms with Crippen LogP contribution >= 0.6 is 0 Å². The molecule has 30 heavy (non-hydrogen) atoms. The predicted octanol–water partition coefficient (Wildman–Crippen LogP) is 4.58. The van der Waals surface area contributed by atoms with Gasteiger partial charge < -0.3 is 16.4 Å². The van der Waals surface area contributed by atoms with Crippen LogP contribution in [0.3, 0.4) is 0 Å². The predicted molar refractivity (Wildman–Crippen MR) is 116 cm³/mol. The van der Waals surface area contributed by atoms with E-state index in [4.69, 9.17) is 5.73 Å². The van der Waals surface area contributed by atoms with Crippen LogP contribution in [0.2, 0.25) is 0 Å². The summed E-state index contributed by atoms with van der Waals surface area (Å²) in [7, 11) is 0. The number of nitrogen functional groups attached to an aromatic ring is 1. The lowest BCUT2D eigenvalue weighted by molar-refractivity contribution is 0.252. The topological polar surface area (TPSA) is 85.0 Å². The van der Waals surface area contributed by atoms with Crippen molar-refractivity contribution in [3.63, 3.8) is 0 Å². The first-order valence-corrected chi connectivity index (χ1v) is 9.40. The average molecular weight is 401 g/mol. The Morgan fingerprint density at radius 2 is 1.57 bits per heavy atom. The lowest BCUT2D eigenvalue weighted by atomic mass is 10.1. The van der Waals surface area contributed by atoms with Crippen molar-refractivity contribution in [3.05, 3.63) is 96.3 Å². The van der Waals surface area contributed by atoms with Crippen LogP contribution in [0.25, 0.3) is 16.9 Å². The van der Waals surface area contributed by atoms with Gasteiger partial charge in [-0.1, -0.05) is 60.7 Å². The molecule has 150 valence electrons. The van der Waals surface area contributed by atoms with Crippen molar-refractivity contribution in [1.82, 2.24) is 15.1 Å². The highest BCUT2D eigenvalue weighted by molar-refractivity contribution is 5.97. The molecule has 0 saturated carbocycles. The summed E-state index contributed by atoms with van der Waals surface area (Å²) < 4.78 is 14.6. The number of nitrogens with two attached hydrogens (primary N) is 1. The minimum Gasteiger partial charge on any atom is -0.382 e. The van der Waals surface area contributed by atoms with Crippen molar-refractivity contribution in [3.8, 4) is 16.9 Å². The molecule has 0 unspecified atom stereocenters. The third kappa shape index (κ3) is 4.15. The van der Waals surface area contributed by atoms with Crippen LogP contribution in [-0.4, -0.2) is 15.8 Å². The van der Waals surface area contributed by atoms with E-state index in [1.54, 1.807) is 16.8 Å². The maximum absolute atomic E-state index is 13.0. The molecule has 0 saturated heterocycles. The molecule has 0 bridgehead atoms. The number of aromatic nitrogens is 2. The van der Waals surface area contributed by atoms with E-state index >= 15 is 0 Å². The van der Waals surface area contributed by atoms with E-state index < -0.39 is 6.03 Å². The number of anilines is 2. The van der Waals surface area contributed by atoms with Crippen LogP contribution in [0.15, 0.2) is 84.9 Å². The second-order valence-electron chi connectivity index (χ2n) is 6.66. The standard InChI is InChI=1S/C23H20FN5O/c24-18-13-11-16(12-14-18)15-26-23(30)27-21-20(17-7-3-1-4-8-17)28-29(22(21)25)19-9-5-2-6-10-19/h1-14H,15,25H2,(H2,26,27,30). The number of para-hydroxylation sites is 1. The summed E-state index contributed by atoms with van der Waals surface area (Å²) in [6.07, 6.45) is 0. The number of carbonyl (C=O) groups excluding carboxylic acids is 1. The number of nitrogens with one attached hydrogen (secondary N) is 2. The van der Waals surface area contributed by atoms with Gasteiger partial charge in [-0.05, 0) is 29.8 Å². The number of hydrogen-bond donors (Lipinski definition) is 3. The lowest BCUT2D eigenvalue weighted by Crippen LogP contribution is -2.28. The monoisotopic (exact) mass is 401 g/mol. The van der Waals surface area contributed by atoms with Gasteiger partial charge >= 0.3 is 6.03 Å². The molecule has 6 nitrogen and oxygen atoms in total. The molecule has 2 amide bonds. The molecule has 4 N–H and O–H groups in total. The Labute approximate surface area is 173 Å². The first kappa shape index (κ1) is 19.2. The quantitative estimate of drug-likeness (QED) is 0.458. The Balaban J connectivity index is 1.61. The van der Waals surface area contributed by atoms with Gasteiger partial charge in [0, 0.05) is 12.1 Å². The van der Waals surface area contributed by atoms with Gasteiger partial charge in [0.1, 0.15) is 17.2 Å². The second kappa shape index (κ2) is 8.48. The van der Waals surface area contributed by atoms with Crippen LogP contribution in [0, 0.1) is 5.82 Å². The Kier molecular flexibility index (Phi) is 5.43. The fourth-order valence-electron chi connectivity index (χ4n) is 3.06. The zero-order valence-corrected chi connectivity index (χ0v) is 16.0. The van der Waals surface area contributed by atoms with Crippen LogP contribution in [0.4, 0.5) is 20.7 Å². The van der Waals surface area contributed by atoms with Gasteiger partial charge in [-0.15, -0.1) is 0 Å². The number of nitrogens with zero attached hydrogens (tertiary/aromatic N) is 2. The zero-order valence-electron chi connectivity index (χ0n) is 16.0. The van der Waals surface area contributed by atoms with Crippen molar-refractivity contribution in [2.75, 3.05) is 11.1 Å². The maximum atomic E-state index is 13.0. The van der Waals surface area contributed by atoms with Gasteiger partial charge in [-0.3, -0.25) is 0 Å². The molecule has 0 fully saturated rings. The third-order valence-corrected chi connectivity index (χ3v) is 4.57. The number of benzene rings is 3. The Morgan fingerprint density at radius 3 is 2.23 bits per heavy atom. The van der Waals surface area contributed by atoms with E-state index in [0.717, 1.165) is 16.8 Å². The Bertz CT molecular complexity index is 1140. The minimum absolute atomic E-state index is 0.250. The summed E-state index contributed by atoms with van der Waals surface area (Å²) in [6.45, 7) is 0.250. The molecule has 0 aliphatic rings. The Morgan fingerprint density at radius 1 is 0.933 bits per heavy atom. The summed E-state index contributed by atoms with van der Waals surface area (Å²) in [4.78, 5) is 12.5. The highest BCUT2D eigenvalue weighted by atomic mass is 19.1. The molecule has 1 aromatic heterocycles. The molecule has 0 aliphatic carbocycles. The number of carbonyl (C=O) groups is 1. The van der Waals surface area contributed by atoms with Crippen LogP contribution in [-0.2, 0) is 6.54 Å². The van der Waals surface area contributed by atoms with Crippen molar-refractivity contribution in [2.24, 2.45) is 0 Å². The molecule has 0 radical (unpaired) electrons. The highest BCUT2D eigenvalue weighted by Gasteiger charge is 2.20. The van der Waals surface area contributed by atoms with Gasteiger partial charge in [0.2, 0.25) is 0 Å². The second-order valence-corrected chi connectivity index (χ2v) is 6.66. The molecule has 3 aromatic carbocycles. The van der Waals surface area contributed by atoms with Gasteiger partial charge in [-0.2, -0.15) is 5.10 Å². The smallest absolute Gasteiger partial charge is 0.319 e. The summed E-state index contributed by atoms with van der Waals surface area (Å²) >= 11 is 0. The van der Waals surface area contributed by atoms with Crippen molar-refractivity contribution in [2.45, 2.75) is 6.54 Å². The molecule has 1 heterocycles. The molecule has 4 rings (SSSR count). The van der Waals surface area contributed by atoms with Crippen molar-refractivity contribution >= 4 is 17.5 Å². The largest absolute Gasteiger partial charge is 0.382 e. The minimum atomic E-state index is -0.434. The number of hydrogen-bond acceptors (Lipinski definition) is 3. The van der Waals surface area contributed by atoms with E-state index in [9.17, 15) is 9.18 Å². The van der Waals surface area contributed by atoms with Gasteiger partial charge in [0.25, 0.3) is 0 Å². The van der Waals surface area contributed by atoms with E-state index in [1.165, 1.54) is 12.1 Å². The fraction of sp³-hybridized carbons (Fsp3) is 0.0435. The van der Waals surface area contributed by atoms with E-state index in [2.05, 4.69) is 15.7 Å².